The van der Waals surface area contributed by atoms with Crippen molar-refractivity contribution < 1.29 is 17.9 Å². The van der Waals surface area contributed by atoms with E-state index < -0.39 is 15.9 Å². The Morgan fingerprint density at radius 1 is 1.32 bits per heavy atom. The number of aryl methyl sites for hydroxylation is 1. The number of rotatable bonds is 5. The lowest BCUT2D eigenvalue weighted by Crippen LogP contribution is -2.19. The van der Waals surface area contributed by atoms with Crippen molar-refractivity contribution in [3.05, 3.63) is 52.8 Å². The van der Waals surface area contributed by atoms with Crippen LogP contribution < -0.4 is 14.7 Å². The first-order chi connectivity index (χ1) is 13.3. The standard InChI is InChI=1S/C19H17N3O4S2/c1-3-9-22-16-8-7-15(28(20,24)25)11-17(16)27-19(22)21-18(23)12-26-14-6-4-5-13(2)10-14/h1,4-8,10-11H,9,12H2,2H3,(H2,20,24,25). The van der Waals surface area contributed by atoms with Crippen LogP contribution in [0.1, 0.15) is 5.56 Å². The molecule has 3 rings (SSSR count). The summed E-state index contributed by atoms with van der Waals surface area (Å²) in [5.41, 5.74) is 1.69. The molecule has 0 atom stereocenters. The zero-order valence-electron chi connectivity index (χ0n) is 15.0. The molecule has 0 aliphatic heterocycles. The van der Waals surface area contributed by atoms with Crippen LogP contribution in [0, 0.1) is 19.3 Å². The van der Waals surface area contributed by atoms with Gasteiger partial charge in [0.25, 0.3) is 5.91 Å². The molecule has 0 fully saturated rings. The molecule has 0 saturated heterocycles. The molecule has 2 aromatic carbocycles. The second-order valence-corrected chi connectivity index (χ2v) is 8.53. The second kappa shape index (κ2) is 7.98. The molecule has 3 aromatic rings. The van der Waals surface area contributed by atoms with Gasteiger partial charge >= 0.3 is 0 Å². The van der Waals surface area contributed by atoms with Crippen molar-refractivity contribution in [2.45, 2.75) is 18.4 Å². The van der Waals surface area contributed by atoms with E-state index in [4.69, 9.17) is 16.3 Å². The van der Waals surface area contributed by atoms with Crippen molar-refractivity contribution in [1.29, 1.82) is 0 Å². The number of aromatic nitrogens is 1. The number of nitrogens with two attached hydrogens (primary N) is 1. The Morgan fingerprint density at radius 2 is 2.11 bits per heavy atom. The molecule has 2 N–H and O–H groups in total. The summed E-state index contributed by atoms with van der Waals surface area (Å²) < 4.78 is 30.9. The molecule has 0 bridgehead atoms. The van der Waals surface area contributed by atoms with E-state index in [1.165, 1.54) is 12.1 Å². The van der Waals surface area contributed by atoms with Crippen molar-refractivity contribution in [2.75, 3.05) is 6.61 Å². The number of carbonyl (C=O) groups is 1. The molecule has 0 aliphatic carbocycles. The van der Waals surface area contributed by atoms with E-state index in [0.717, 1.165) is 16.9 Å². The molecule has 0 spiro atoms. The van der Waals surface area contributed by atoms with Crippen molar-refractivity contribution in [1.82, 2.24) is 4.57 Å². The van der Waals surface area contributed by atoms with Gasteiger partial charge in [0, 0.05) is 0 Å². The number of hydrogen-bond acceptors (Lipinski definition) is 5. The van der Waals surface area contributed by atoms with Gasteiger partial charge in [-0.15, -0.1) is 6.42 Å². The molecular weight excluding hydrogens is 398 g/mol. The van der Waals surface area contributed by atoms with E-state index in [1.54, 1.807) is 16.7 Å². The normalized spacial score (nSPS) is 12.1. The Bertz CT molecular complexity index is 1260. The van der Waals surface area contributed by atoms with Gasteiger partial charge in [-0.1, -0.05) is 29.4 Å². The topological polar surface area (TPSA) is 104 Å². The van der Waals surface area contributed by atoms with E-state index in [2.05, 4.69) is 10.9 Å². The van der Waals surface area contributed by atoms with Crippen LogP contribution in [0.5, 0.6) is 5.75 Å². The number of carbonyl (C=O) groups excluding carboxylic acids is 1. The van der Waals surface area contributed by atoms with Gasteiger partial charge in [-0.05, 0) is 42.8 Å². The van der Waals surface area contributed by atoms with Gasteiger partial charge in [0.2, 0.25) is 10.0 Å². The van der Waals surface area contributed by atoms with Crippen molar-refractivity contribution in [2.24, 2.45) is 10.1 Å². The van der Waals surface area contributed by atoms with E-state index in [9.17, 15) is 13.2 Å². The van der Waals surface area contributed by atoms with Crippen LogP contribution in [0.3, 0.4) is 0 Å². The highest BCUT2D eigenvalue weighted by Gasteiger charge is 2.13. The number of nitrogens with zero attached hydrogens (tertiary/aromatic N) is 2. The molecule has 0 radical (unpaired) electrons. The third-order valence-corrected chi connectivity index (χ3v) is 5.76. The highest BCUT2D eigenvalue weighted by atomic mass is 32.2. The maximum absolute atomic E-state index is 12.3. The summed E-state index contributed by atoms with van der Waals surface area (Å²) in [5.74, 6) is 2.61. The number of benzene rings is 2. The van der Waals surface area contributed by atoms with E-state index in [1.807, 2.05) is 25.1 Å². The summed E-state index contributed by atoms with van der Waals surface area (Å²) in [6.45, 7) is 1.88. The number of thiazole rings is 1. The largest absolute Gasteiger partial charge is 0.484 e. The fraction of sp³-hybridized carbons (Fsp3) is 0.158. The van der Waals surface area contributed by atoms with E-state index in [0.29, 0.717) is 20.8 Å². The molecule has 144 valence electrons. The van der Waals surface area contributed by atoms with Crippen molar-refractivity contribution in [3.63, 3.8) is 0 Å². The fourth-order valence-electron chi connectivity index (χ4n) is 2.55. The summed E-state index contributed by atoms with van der Waals surface area (Å²) in [7, 11) is -3.84. The van der Waals surface area contributed by atoms with Crippen LogP contribution >= 0.6 is 11.3 Å². The minimum absolute atomic E-state index is 0.0187. The quantitative estimate of drug-likeness (QED) is 0.642. The molecule has 0 saturated carbocycles. The predicted octanol–water partition coefficient (Wildman–Crippen LogP) is 1.80. The van der Waals surface area contributed by atoms with Crippen LogP contribution in [0.4, 0.5) is 0 Å². The van der Waals surface area contributed by atoms with E-state index in [-0.39, 0.29) is 18.0 Å². The van der Waals surface area contributed by atoms with Gasteiger partial charge in [-0.2, -0.15) is 4.99 Å². The molecule has 28 heavy (non-hydrogen) atoms. The lowest BCUT2D eigenvalue weighted by Gasteiger charge is -2.04. The van der Waals surface area contributed by atoms with Gasteiger partial charge in [0.1, 0.15) is 5.75 Å². The van der Waals surface area contributed by atoms with Gasteiger partial charge in [-0.25, -0.2) is 13.6 Å². The number of amides is 1. The number of hydrogen-bond donors (Lipinski definition) is 1. The fourth-order valence-corrected chi connectivity index (χ4v) is 4.25. The first-order valence-electron chi connectivity index (χ1n) is 8.14. The minimum atomic E-state index is -3.84. The van der Waals surface area contributed by atoms with Crippen LogP contribution in [-0.4, -0.2) is 25.5 Å². The third kappa shape index (κ3) is 4.48. The monoisotopic (exact) mass is 415 g/mol. The van der Waals surface area contributed by atoms with Crippen LogP contribution in [-0.2, 0) is 21.4 Å². The highest BCUT2D eigenvalue weighted by molar-refractivity contribution is 7.89. The zero-order chi connectivity index (χ0) is 20.3. The molecule has 1 amide bonds. The average molecular weight is 415 g/mol. The molecule has 0 unspecified atom stereocenters. The Hall–Kier alpha value is -2.93. The molecule has 0 aliphatic rings. The Balaban J connectivity index is 1.94. The second-order valence-electron chi connectivity index (χ2n) is 5.96. The summed E-state index contributed by atoms with van der Waals surface area (Å²) in [6.07, 6.45) is 5.43. The van der Waals surface area contributed by atoms with E-state index >= 15 is 0 Å². The summed E-state index contributed by atoms with van der Waals surface area (Å²) in [5, 5.41) is 5.18. The Morgan fingerprint density at radius 3 is 2.79 bits per heavy atom. The molecular formula is C19H17N3O4S2. The minimum Gasteiger partial charge on any atom is -0.484 e. The first kappa shape index (κ1) is 19.8. The van der Waals surface area contributed by atoms with Crippen LogP contribution in [0.25, 0.3) is 10.2 Å². The SMILES string of the molecule is C#CCn1c(=NC(=O)COc2cccc(C)c2)sc2cc(S(N)(=O)=O)ccc21. The number of terminal acetylenes is 1. The lowest BCUT2D eigenvalue weighted by atomic mass is 10.2. The van der Waals surface area contributed by atoms with Gasteiger partial charge in [0.15, 0.2) is 11.4 Å². The molecule has 7 nitrogen and oxygen atoms in total. The summed E-state index contributed by atoms with van der Waals surface area (Å²) in [4.78, 5) is 16.7. The maximum atomic E-state index is 12.3. The van der Waals surface area contributed by atoms with Gasteiger partial charge in [0.05, 0.1) is 21.7 Å². The number of fused-ring (bicyclic) bond motifs is 1. The first-order valence-corrected chi connectivity index (χ1v) is 10.5. The summed E-state index contributed by atoms with van der Waals surface area (Å²) >= 11 is 1.15. The maximum Gasteiger partial charge on any atom is 0.286 e. The molecule has 1 aromatic heterocycles. The summed E-state index contributed by atoms with van der Waals surface area (Å²) in [6, 6.07) is 11.8. The highest BCUT2D eigenvalue weighted by Crippen LogP contribution is 2.21. The average Bonchev–Trinajstić information content (AvgIpc) is 2.96. The van der Waals surface area contributed by atoms with Gasteiger partial charge in [-0.3, -0.25) is 4.79 Å². The predicted molar refractivity (Wildman–Crippen MR) is 107 cm³/mol. The molecule has 1 heterocycles. The number of sulfonamides is 1. The third-order valence-electron chi connectivity index (χ3n) is 3.80. The lowest BCUT2D eigenvalue weighted by molar-refractivity contribution is -0.120. The smallest absolute Gasteiger partial charge is 0.286 e. The number of primary sulfonamides is 1. The Kier molecular flexibility index (Phi) is 5.65. The van der Waals surface area contributed by atoms with Crippen LogP contribution in [0.15, 0.2) is 52.4 Å². The van der Waals surface area contributed by atoms with Crippen LogP contribution in [0.2, 0.25) is 0 Å². The van der Waals surface area contributed by atoms with Crippen molar-refractivity contribution in [3.8, 4) is 18.1 Å². The number of ether oxygens (including phenoxy) is 1. The van der Waals surface area contributed by atoms with Gasteiger partial charge < -0.3 is 9.30 Å². The Labute approximate surface area is 166 Å². The van der Waals surface area contributed by atoms with Crippen molar-refractivity contribution >= 4 is 37.5 Å². The molecule has 9 heteroatoms. The zero-order valence-corrected chi connectivity index (χ0v) is 16.6.